The van der Waals surface area contributed by atoms with Crippen LogP contribution in [0.15, 0.2) is 35.5 Å². The largest absolute Gasteiger partial charge is 0.333 e. The van der Waals surface area contributed by atoms with Gasteiger partial charge >= 0.3 is 0 Å². The molecule has 0 saturated carbocycles. The van der Waals surface area contributed by atoms with Crippen LogP contribution in [-0.2, 0) is 13.6 Å². The molecule has 5 nitrogen and oxygen atoms in total. The van der Waals surface area contributed by atoms with E-state index in [-0.39, 0.29) is 11.6 Å². The van der Waals surface area contributed by atoms with Crippen molar-refractivity contribution in [3.05, 3.63) is 52.5 Å². The van der Waals surface area contributed by atoms with E-state index in [1.165, 1.54) is 0 Å². The molecule has 0 bridgehead atoms. The highest BCUT2D eigenvalue weighted by Crippen LogP contribution is 2.20. The van der Waals surface area contributed by atoms with E-state index in [0.717, 1.165) is 37.3 Å². The molecule has 1 N–H and O–H groups in total. The Labute approximate surface area is 125 Å². The molecule has 2 rings (SSSR count). The molecule has 0 saturated heterocycles. The van der Waals surface area contributed by atoms with Crippen molar-refractivity contribution in [1.29, 1.82) is 0 Å². The molecule has 0 fully saturated rings. The van der Waals surface area contributed by atoms with Crippen molar-refractivity contribution in [2.75, 3.05) is 6.54 Å². The summed E-state index contributed by atoms with van der Waals surface area (Å²) in [7, 11) is 1.76. The second-order valence-corrected chi connectivity index (χ2v) is 5.28. The van der Waals surface area contributed by atoms with Gasteiger partial charge in [0.25, 0.3) is 5.56 Å². The van der Waals surface area contributed by atoms with Crippen molar-refractivity contribution >= 4 is 0 Å². The number of hydrogen-bond donors (Lipinski definition) is 1. The van der Waals surface area contributed by atoms with E-state index in [1.54, 1.807) is 17.7 Å². The maximum absolute atomic E-state index is 11.9. The van der Waals surface area contributed by atoms with Gasteiger partial charge in [0.05, 0.1) is 6.04 Å². The van der Waals surface area contributed by atoms with Crippen molar-refractivity contribution in [3.63, 3.8) is 0 Å². The van der Waals surface area contributed by atoms with Crippen LogP contribution in [0.1, 0.15) is 44.1 Å². The van der Waals surface area contributed by atoms with Crippen LogP contribution in [0, 0.1) is 0 Å². The van der Waals surface area contributed by atoms with E-state index < -0.39 is 0 Å². The predicted octanol–water partition coefficient (Wildman–Crippen LogP) is 2.08. The summed E-state index contributed by atoms with van der Waals surface area (Å²) in [6, 6.07) is 3.64. The lowest BCUT2D eigenvalue weighted by molar-refractivity contribution is 0.528. The van der Waals surface area contributed by atoms with Gasteiger partial charge < -0.3 is 14.5 Å². The minimum atomic E-state index is -0.0413. The van der Waals surface area contributed by atoms with Crippen LogP contribution in [-0.4, -0.2) is 20.7 Å². The summed E-state index contributed by atoms with van der Waals surface area (Å²) in [6.45, 7) is 6.10. The standard InChI is InChI=1S/C16H24N4O/c1-4-7-17-15(13-6-10-19(3)14(21)12-13)16-18-8-11-20(16)9-5-2/h6,8,10-12,15,17H,4-5,7,9H2,1-3H3. The topological polar surface area (TPSA) is 51.9 Å². The lowest BCUT2D eigenvalue weighted by atomic mass is 10.1. The van der Waals surface area contributed by atoms with E-state index in [9.17, 15) is 4.79 Å². The Morgan fingerprint density at radius 1 is 1.29 bits per heavy atom. The number of aromatic nitrogens is 3. The first-order valence-corrected chi connectivity index (χ1v) is 7.58. The van der Waals surface area contributed by atoms with E-state index >= 15 is 0 Å². The second-order valence-electron chi connectivity index (χ2n) is 5.28. The Kier molecular flexibility index (Phi) is 5.33. The number of nitrogens with zero attached hydrogens (tertiary/aromatic N) is 3. The SMILES string of the molecule is CCCNC(c1ccn(C)c(=O)c1)c1nccn1CCC. The summed E-state index contributed by atoms with van der Waals surface area (Å²) in [5, 5.41) is 3.50. The fraction of sp³-hybridized carbons (Fsp3) is 0.500. The molecule has 0 aliphatic heterocycles. The highest BCUT2D eigenvalue weighted by atomic mass is 16.1. The smallest absolute Gasteiger partial charge is 0.250 e. The normalized spacial score (nSPS) is 12.5. The first kappa shape index (κ1) is 15.5. The molecule has 2 aromatic rings. The van der Waals surface area contributed by atoms with Crippen molar-refractivity contribution in [2.45, 2.75) is 39.3 Å². The third-order valence-corrected chi connectivity index (χ3v) is 3.53. The molecule has 21 heavy (non-hydrogen) atoms. The van der Waals surface area contributed by atoms with Gasteiger partial charge in [-0.05, 0) is 31.0 Å². The second kappa shape index (κ2) is 7.22. The molecular weight excluding hydrogens is 264 g/mol. The Balaban J connectivity index is 2.39. The van der Waals surface area contributed by atoms with Crippen molar-refractivity contribution in [3.8, 4) is 0 Å². The third kappa shape index (κ3) is 3.61. The van der Waals surface area contributed by atoms with Gasteiger partial charge in [0, 0.05) is 38.2 Å². The van der Waals surface area contributed by atoms with E-state index in [2.05, 4.69) is 28.7 Å². The van der Waals surface area contributed by atoms with Gasteiger partial charge in [-0.1, -0.05) is 13.8 Å². The Morgan fingerprint density at radius 3 is 2.76 bits per heavy atom. The lowest BCUT2D eigenvalue weighted by Crippen LogP contribution is -2.28. The zero-order valence-corrected chi connectivity index (χ0v) is 13.0. The number of nitrogens with one attached hydrogen (secondary N) is 1. The molecule has 2 heterocycles. The van der Waals surface area contributed by atoms with Crippen LogP contribution < -0.4 is 10.9 Å². The third-order valence-electron chi connectivity index (χ3n) is 3.53. The van der Waals surface area contributed by atoms with E-state index in [1.807, 2.05) is 24.7 Å². The molecule has 0 radical (unpaired) electrons. The van der Waals surface area contributed by atoms with Gasteiger partial charge in [0.1, 0.15) is 5.82 Å². The molecule has 0 aliphatic rings. The average molecular weight is 288 g/mol. The summed E-state index contributed by atoms with van der Waals surface area (Å²) in [5.41, 5.74) is 0.972. The Bertz CT molecular complexity index is 629. The van der Waals surface area contributed by atoms with Gasteiger partial charge in [-0.25, -0.2) is 4.98 Å². The van der Waals surface area contributed by atoms with Crippen LogP contribution in [0.2, 0.25) is 0 Å². The predicted molar refractivity (Wildman–Crippen MR) is 84.3 cm³/mol. The van der Waals surface area contributed by atoms with Crippen LogP contribution in [0.3, 0.4) is 0 Å². The quantitative estimate of drug-likeness (QED) is 0.848. The summed E-state index contributed by atoms with van der Waals surface area (Å²) in [6.07, 6.45) is 7.73. The van der Waals surface area contributed by atoms with Crippen LogP contribution in [0.4, 0.5) is 0 Å². The molecule has 1 atom stereocenters. The summed E-state index contributed by atoms with van der Waals surface area (Å²) in [5.74, 6) is 0.971. The summed E-state index contributed by atoms with van der Waals surface area (Å²) in [4.78, 5) is 16.4. The molecule has 0 aliphatic carbocycles. The van der Waals surface area contributed by atoms with Crippen LogP contribution in [0.5, 0.6) is 0 Å². The Morgan fingerprint density at radius 2 is 2.10 bits per heavy atom. The first-order chi connectivity index (χ1) is 10.2. The maximum Gasteiger partial charge on any atom is 0.250 e. The van der Waals surface area contributed by atoms with E-state index in [0.29, 0.717) is 0 Å². The van der Waals surface area contributed by atoms with Crippen molar-refractivity contribution in [1.82, 2.24) is 19.4 Å². The van der Waals surface area contributed by atoms with Crippen molar-refractivity contribution in [2.24, 2.45) is 7.05 Å². The summed E-state index contributed by atoms with van der Waals surface area (Å²) < 4.78 is 3.74. The number of imidazole rings is 1. The van der Waals surface area contributed by atoms with Crippen LogP contribution >= 0.6 is 0 Å². The zero-order chi connectivity index (χ0) is 15.2. The fourth-order valence-corrected chi connectivity index (χ4v) is 2.40. The molecule has 1 unspecified atom stereocenters. The molecule has 2 aromatic heterocycles. The fourth-order valence-electron chi connectivity index (χ4n) is 2.40. The lowest BCUT2D eigenvalue weighted by Gasteiger charge is -2.20. The van der Waals surface area contributed by atoms with Crippen molar-refractivity contribution < 1.29 is 0 Å². The van der Waals surface area contributed by atoms with Gasteiger partial charge in [0.15, 0.2) is 0 Å². The number of rotatable bonds is 7. The molecule has 114 valence electrons. The van der Waals surface area contributed by atoms with Gasteiger partial charge in [0.2, 0.25) is 0 Å². The highest BCUT2D eigenvalue weighted by Gasteiger charge is 2.19. The summed E-state index contributed by atoms with van der Waals surface area (Å²) >= 11 is 0. The zero-order valence-electron chi connectivity index (χ0n) is 13.0. The minimum Gasteiger partial charge on any atom is -0.333 e. The molecule has 0 amide bonds. The van der Waals surface area contributed by atoms with Gasteiger partial charge in [-0.15, -0.1) is 0 Å². The molecule has 0 spiro atoms. The number of aryl methyl sites for hydroxylation is 2. The maximum atomic E-state index is 11.9. The first-order valence-electron chi connectivity index (χ1n) is 7.58. The average Bonchev–Trinajstić information content (AvgIpc) is 2.92. The number of pyridine rings is 1. The number of hydrogen-bond acceptors (Lipinski definition) is 3. The monoisotopic (exact) mass is 288 g/mol. The molecule has 0 aromatic carbocycles. The van der Waals surface area contributed by atoms with Crippen LogP contribution in [0.25, 0.3) is 0 Å². The molecule has 5 heteroatoms. The molecular formula is C16H24N4O. The van der Waals surface area contributed by atoms with E-state index in [4.69, 9.17) is 0 Å². The Hall–Kier alpha value is -1.88. The minimum absolute atomic E-state index is 0.00407. The highest BCUT2D eigenvalue weighted by molar-refractivity contribution is 5.23. The van der Waals surface area contributed by atoms with Gasteiger partial charge in [-0.3, -0.25) is 4.79 Å². The van der Waals surface area contributed by atoms with Gasteiger partial charge in [-0.2, -0.15) is 0 Å².